The Bertz CT molecular complexity index is 882. The van der Waals surface area contributed by atoms with E-state index in [0.717, 1.165) is 18.4 Å². The van der Waals surface area contributed by atoms with Gasteiger partial charge < -0.3 is 18.6 Å². The first-order valence-electron chi connectivity index (χ1n) is 13.5. The molecule has 1 fully saturated rings. The van der Waals surface area contributed by atoms with E-state index in [0.29, 0.717) is 19.7 Å². The van der Waals surface area contributed by atoms with E-state index in [1.807, 2.05) is 51.1 Å². The molecule has 1 aliphatic rings. The number of amides is 1. The van der Waals surface area contributed by atoms with Gasteiger partial charge in [-0.2, -0.15) is 0 Å². The Hall–Kier alpha value is -1.06. The maximum Gasteiger partial charge on any atom is 0.410 e. The summed E-state index contributed by atoms with van der Waals surface area (Å²) in [5.41, 5.74) is 0.613. The van der Waals surface area contributed by atoms with Gasteiger partial charge in [-0.3, -0.25) is 0 Å². The summed E-state index contributed by atoms with van der Waals surface area (Å²) in [6.07, 6.45) is 1.34. The van der Waals surface area contributed by atoms with Crippen LogP contribution < -0.4 is 4.72 Å². The Morgan fingerprint density at radius 1 is 1.14 bits per heavy atom. The second-order valence-electron chi connectivity index (χ2n) is 14.3. The fourth-order valence-electron chi connectivity index (χ4n) is 4.18. The summed E-state index contributed by atoms with van der Waals surface area (Å²) < 4.78 is 28.6. The molecule has 37 heavy (non-hydrogen) atoms. The van der Waals surface area contributed by atoms with Crippen molar-refractivity contribution in [2.24, 2.45) is 10.8 Å². The van der Waals surface area contributed by atoms with Crippen molar-refractivity contribution in [3.05, 3.63) is 35.9 Å². The molecule has 8 heteroatoms. The van der Waals surface area contributed by atoms with Crippen LogP contribution in [-0.2, 0) is 27.1 Å². The fourth-order valence-corrected chi connectivity index (χ4v) is 6.34. The second-order valence-corrected chi connectivity index (χ2v) is 21.1. The molecule has 1 unspecified atom stereocenters. The quantitative estimate of drug-likeness (QED) is 0.253. The predicted molar refractivity (Wildman–Crippen MR) is 157 cm³/mol. The normalized spacial score (nSPS) is 21.1. The van der Waals surface area contributed by atoms with Crippen molar-refractivity contribution in [1.82, 2.24) is 9.62 Å². The Labute approximate surface area is 230 Å². The molecule has 1 aromatic rings. The minimum absolute atomic E-state index is 0.0440. The van der Waals surface area contributed by atoms with Gasteiger partial charge in [0, 0.05) is 36.5 Å². The average molecular weight is 553 g/mol. The first-order valence-corrected chi connectivity index (χ1v) is 17.6. The number of likely N-dealkylation sites (tertiary alicyclic amines) is 1. The topological polar surface area (TPSA) is 73.9 Å². The predicted octanol–water partition coefficient (Wildman–Crippen LogP) is 6.89. The summed E-state index contributed by atoms with van der Waals surface area (Å²) in [5.74, 6) is 0. The molecule has 0 radical (unpaired) electrons. The van der Waals surface area contributed by atoms with Crippen LogP contribution in [0.1, 0.15) is 80.7 Å². The Morgan fingerprint density at radius 2 is 1.73 bits per heavy atom. The molecular weight excluding hydrogens is 500 g/mol. The van der Waals surface area contributed by atoms with Gasteiger partial charge in [0.1, 0.15) is 11.4 Å². The lowest BCUT2D eigenvalue weighted by atomic mass is 9.74. The minimum atomic E-state index is -1.89. The first-order chi connectivity index (χ1) is 16.8. The monoisotopic (exact) mass is 552 g/mol. The van der Waals surface area contributed by atoms with Gasteiger partial charge >= 0.3 is 6.09 Å². The molecule has 1 saturated heterocycles. The molecule has 1 aliphatic heterocycles. The van der Waals surface area contributed by atoms with E-state index in [1.165, 1.54) is 0 Å². The summed E-state index contributed by atoms with van der Waals surface area (Å²) in [6, 6.07) is 9.70. The number of rotatable bonds is 10. The molecule has 0 aliphatic carbocycles. The Morgan fingerprint density at radius 3 is 2.27 bits per heavy atom. The number of carbonyl (C=O) groups excluding carboxylic acids is 1. The maximum absolute atomic E-state index is 13.3. The zero-order chi connectivity index (χ0) is 28.3. The van der Waals surface area contributed by atoms with Crippen LogP contribution in [0.2, 0.25) is 18.1 Å². The third-order valence-corrected chi connectivity index (χ3v) is 14.1. The number of nitrogens with one attached hydrogen (secondary N) is 1. The molecule has 2 rings (SSSR count). The molecule has 0 spiro atoms. The second kappa shape index (κ2) is 12.0. The van der Waals surface area contributed by atoms with Crippen LogP contribution in [0.3, 0.4) is 0 Å². The highest BCUT2D eigenvalue weighted by atomic mass is 32.2. The van der Waals surface area contributed by atoms with Crippen molar-refractivity contribution in [3.63, 3.8) is 0 Å². The SMILES string of the molecule is CC(C)(CO[Si](C)(C)C(C)(C)C)C[C@H](N[S+]([O-])C(C)(C)C)[C@]1(C)CCN(C(=O)OCc2ccccc2)C1. The van der Waals surface area contributed by atoms with Gasteiger partial charge in [-0.15, -0.1) is 4.72 Å². The number of hydrogen-bond donors (Lipinski definition) is 1. The summed E-state index contributed by atoms with van der Waals surface area (Å²) in [6.45, 7) is 26.1. The molecule has 212 valence electrons. The Kier molecular flexibility index (Phi) is 10.4. The van der Waals surface area contributed by atoms with Gasteiger partial charge in [-0.05, 0) is 62.7 Å². The van der Waals surface area contributed by atoms with Crippen LogP contribution in [0.15, 0.2) is 30.3 Å². The van der Waals surface area contributed by atoms with Crippen LogP contribution >= 0.6 is 0 Å². The molecule has 1 N–H and O–H groups in total. The van der Waals surface area contributed by atoms with E-state index >= 15 is 0 Å². The molecule has 6 nitrogen and oxygen atoms in total. The van der Waals surface area contributed by atoms with Crippen LogP contribution in [0, 0.1) is 10.8 Å². The molecule has 1 heterocycles. The summed E-state index contributed by atoms with van der Waals surface area (Å²) in [7, 11) is -1.89. The van der Waals surface area contributed by atoms with E-state index in [1.54, 1.807) is 4.90 Å². The summed E-state index contributed by atoms with van der Waals surface area (Å²) in [5, 5.41) is 0.145. The van der Waals surface area contributed by atoms with E-state index in [9.17, 15) is 9.35 Å². The van der Waals surface area contributed by atoms with Crippen LogP contribution in [0.5, 0.6) is 0 Å². The fraction of sp³-hybridized carbons (Fsp3) is 0.759. The standard InChI is InChI=1S/C29H52N2O4SSi/c1-26(2,3)36(33)30-24(19-28(7,8)22-35-37(10,11)27(4,5)6)29(9)17-18-31(21-29)25(32)34-20-23-15-13-12-14-16-23/h12-16,24,30H,17-22H2,1-11H3/t24-,29+,36?/m0/s1. The third kappa shape index (κ3) is 9.27. The number of benzene rings is 1. The lowest BCUT2D eigenvalue weighted by molar-refractivity contribution is 0.0907. The van der Waals surface area contributed by atoms with Gasteiger partial charge in [-0.1, -0.05) is 71.9 Å². The number of hydrogen-bond acceptors (Lipinski definition) is 5. The molecule has 0 saturated carbocycles. The largest absolute Gasteiger partial charge is 0.598 e. The summed E-state index contributed by atoms with van der Waals surface area (Å²) in [4.78, 5) is 14.7. The molecule has 1 aromatic carbocycles. The summed E-state index contributed by atoms with van der Waals surface area (Å²) >= 11 is -1.23. The minimum Gasteiger partial charge on any atom is -0.598 e. The van der Waals surface area contributed by atoms with Crippen LogP contribution in [0.4, 0.5) is 4.79 Å². The molecule has 1 amide bonds. The average Bonchev–Trinajstić information content (AvgIpc) is 3.18. The lowest BCUT2D eigenvalue weighted by Gasteiger charge is -2.43. The van der Waals surface area contributed by atoms with Gasteiger partial charge in [-0.25, -0.2) is 4.79 Å². The molecule has 3 atom stereocenters. The van der Waals surface area contributed by atoms with Crippen molar-refractivity contribution >= 4 is 25.8 Å². The highest BCUT2D eigenvalue weighted by Crippen LogP contribution is 2.42. The van der Waals surface area contributed by atoms with Gasteiger partial charge in [0.25, 0.3) is 0 Å². The smallest absolute Gasteiger partial charge is 0.410 e. The van der Waals surface area contributed by atoms with Crippen molar-refractivity contribution in [2.75, 3.05) is 19.7 Å². The van der Waals surface area contributed by atoms with E-state index in [-0.39, 0.29) is 39.4 Å². The van der Waals surface area contributed by atoms with Crippen molar-refractivity contribution in [1.29, 1.82) is 0 Å². The van der Waals surface area contributed by atoms with E-state index < -0.39 is 19.7 Å². The molecular formula is C29H52N2O4SSi. The van der Waals surface area contributed by atoms with Crippen LogP contribution in [-0.4, -0.2) is 54.3 Å². The Balaban J connectivity index is 2.14. The zero-order valence-corrected chi connectivity index (χ0v) is 27.0. The van der Waals surface area contributed by atoms with Crippen molar-refractivity contribution < 1.29 is 18.5 Å². The lowest BCUT2D eigenvalue weighted by Crippen LogP contribution is -2.54. The first kappa shape index (κ1) is 32.2. The van der Waals surface area contributed by atoms with Gasteiger partial charge in [0.2, 0.25) is 0 Å². The third-order valence-electron chi connectivity index (χ3n) is 8.00. The van der Waals surface area contributed by atoms with Gasteiger partial charge in [0.15, 0.2) is 8.32 Å². The highest BCUT2D eigenvalue weighted by Gasteiger charge is 2.48. The number of nitrogens with zero attached hydrogens (tertiary/aromatic N) is 1. The van der Waals surface area contributed by atoms with E-state index in [2.05, 4.69) is 59.4 Å². The number of carbonyl (C=O) groups is 1. The molecule has 0 aromatic heterocycles. The molecule has 0 bridgehead atoms. The highest BCUT2D eigenvalue weighted by molar-refractivity contribution is 7.90. The van der Waals surface area contributed by atoms with Crippen molar-refractivity contribution in [2.45, 2.75) is 111 Å². The van der Waals surface area contributed by atoms with Crippen LogP contribution in [0.25, 0.3) is 0 Å². The maximum atomic E-state index is 13.3. The number of ether oxygens (including phenoxy) is 1. The van der Waals surface area contributed by atoms with Gasteiger partial charge in [0.05, 0.1) is 6.04 Å². The van der Waals surface area contributed by atoms with Crippen molar-refractivity contribution in [3.8, 4) is 0 Å². The zero-order valence-electron chi connectivity index (χ0n) is 25.2. The van der Waals surface area contributed by atoms with E-state index in [4.69, 9.17) is 9.16 Å².